The summed E-state index contributed by atoms with van der Waals surface area (Å²) in [6, 6.07) is 16.4. The molecule has 144 valence electrons. The Morgan fingerprint density at radius 2 is 1.32 bits per heavy atom. The lowest BCUT2D eigenvalue weighted by Crippen LogP contribution is -2.42. The zero-order chi connectivity index (χ0) is 19.5. The number of hydrogen-bond acceptors (Lipinski definition) is 2. The van der Waals surface area contributed by atoms with Crippen LogP contribution in [0.25, 0.3) is 0 Å². The van der Waals surface area contributed by atoms with Gasteiger partial charge in [0.05, 0.1) is 0 Å². The van der Waals surface area contributed by atoms with Crippen molar-refractivity contribution in [1.82, 2.24) is 5.32 Å². The van der Waals surface area contributed by atoms with Crippen LogP contribution in [0.4, 0.5) is 0 Å². The van der Waals surface area contributed by atoms with Crippen LogP contribution in [0, 0.1) is 11.8 Å². The van der Waals surface area contributed by atoms with Gasteiger partial charge < -0.3 is 5.73 Å². The molecule has 0 aliphatic heterocycles. The van der Waals surface area contributed by atoms with Gasteiger partial charge in [0, 0.05) is 11.8 Å². The molecule has 0 radical (unpaired) electrons. The number of carbonyl (C=O) groups is 2. The van der Waals surface area contributed by atoms with Crippen LogP contribution in [0.5, 0.6) is 0 Å². The van der Waals surface area contributed by atoms with E-state index in [-0.39, 0.29) is 29.6 Å². The molecule has 28 heavy (non-hydrogen) atoms. The number of rotatable bonds is 2. The first-order valence-corrected chi connectivity index (χ1v) is 9.92. The number of hydrogen-bond donors (Lipinski definition) is 2. The summed E-state index contributed by atoms with van der Waals surface area (Å²) in [5.41, 5.74) is 10.9. The molecule has 0 aromatic heterocycles. The molecule has 0 heterocycles. The molecule has 2 aromatic carbocycles. The van der Waals surface area contributed by atoms with Crippen LogP contribution in [0.3, 0.4) is 0 Å². The van der Waals surface area contributed by atoms with Crippen molar-refractivity contribution in [2.24, 2.45) is 22.6 Å². The first kappa shape index (κ1) is 18.4. The Labute approximate surface area is 165 Å². The highest BCUT2D eigenvalue weighted by molar-refractivity contribution is 6.02. The average Bonchev–Trinajstić information content (AvgIpc) is 2.72. The van der Waals surface area contributed by atoms with Crippen molar-refractivity contribution in [1.29, 1.82) is 0 Å². The largest absolute Gasteiger partial charge is 0.369 e. The van der Waals surface area contributed by atoms with E-state index in [1.807, 2.05) is 24.3 Å². The summed E-state index contributed by atoms with van der Waals surface area (Å²) in [7, 11) is 0. The number of aryl methyl sites for hydroxylation is 2. The third-order valence-corrected chi connectivity index (χ3v) is 5.90. The summed E-state index contributed by atoms with van der Waals surface area (Å²) >= 11 is 0. The van der Waals surface area contributed by atoms with Crippen LogP contribution in [0.15, 0.2) is 53.5 Å². The third-order valence-electron chi connectivity index (χ3n) is 5.90. The number of benzene rings is 2. The number of nitrogens with one attached hydrogen (secondary N) is 1. The van der Waals surface area contributed by atoms with Crippen molar-refractivity contribution in [3.8, 4) is 0 Å². The highest BCUT2D eigenvalue weighted by Crippen LogP contribution is 2.27. The van der Waals surface area contributed by atoms with Gasteiger partial charge in [-0.1, -0.05) is 48.5 Å². The quantitative estimate of drug-likeness (QED) is 0.625. The minimum Gasteiger partial charge on any atom is -0.369 e. The number of nitrogens with zero attached hydrogens (tertiary/aromatic N) is 1. The molecule has 0 saturated heterocycles. The summed E-state index contributed by atoms with van der Waals surface area (Å²) in [5.74, 6) is -0.807. The molecule has 4 rings (SSSR count). The molecule has 2 aromatic rings. The van der Waals surface area contributed by atoms with Crippen molar-refractivity contribution in [3.63, 3.8) is 0 Å². The molecule has 2 aliphatic carbocycles. The number of nitrogens with two attached hydrogens (primary N) is 1. The van der Waals surface area contributed by atoms with Gasteiger partial charge in [0.1, 0.15) is 0 Å². The van der Waals surface area contributed by atoms with Gasteiger partial charge in [-0.3, -0.25) is 14.9 Å². The second-order valence-corrected chi connectivity index (χ2v) is 7.74. The second-order valence-electron chi connectivity index (χ2n) is 7.74. The maximum atomic E-state index is 12.6. The molecule has 0 saturated carbocycles. The van der Waals surface area contributed by atoms with Gasteiger partial charge in [-0.15, -0.1) is 0 Å². The van der Waals surface area contributed by atoms with Crippen molar-refractivity contribution in [2.45, 2.75) is 38.5 Å². The molecule has 2 unspecified atom stereocenters. The topological polar surface area (TPSA) is 84.5 Å². The molecule has 0 spiro atoms. The minimum atomic E-state index is -0.249. The van der Waals surface area contributed by atoms with Crippen LogP contribution in [0.1, 0.15) is 35.1 Å². The summed E-state index contributed by atoms with van der Waals surface area (Å²) in [4.78, 5) is 29.1. The lowest BCUT2D eigenvalue weighted by atomic mass is 9.83. The lowest BCUT2D eigenvalue weighted by molar-refractivity contribution is -0.123. The third kappa shape index (κ3) is 3.98. The normalized spacial score (nSPS) is 21.4. The van der Waals surface area contributed by atoms with Crippen LogP contribution < -0.4 is 11.1 Å². The summed E-state index contributed by atoms with van der Waals surface area (Å²) in [5, 5.41) is 2.64. The molecule has 2 aliphatic rings. The van der Waals surface area contributed by atoms with E-state index in [1.54, 1.807) is 0 Å². The molecule has 2 atom stereocenters. The fourth-order valence-electron chi connectivity index (χ4n) is 4.30. The number of amides is 2. The molecule has 3 N–H and O–H groups in total. The van der Waals surface area contributed by atoms with Crippen LogP contribution in [0.2, 0.25) is 0 Å². The fourth-order valence-corrected chi connectivity index (χ4v) is 4.30. The monoisotopic (exact) mass is 375 g/mol. The van der Waals surface area contributed by atoms with Gasteiger partial charge in [-0.2, -0.15) is 4.99 Å². The van der Waals surface area contributed by atoms with E-state index < -0.39 is 0 Å². The lowest BCUT2D eigenvalue weighted by Gasteiger charge is -2.24. The van der Waals surface area contributed by atoms with E-state index in [2.05, 4.69) is 34.6 Å². The summed E-state index contributed by atoms with van der Waals surface area (Å²) in [6.07, 6.45) is 4.67. The smallest absolute Gasteiger partial charge is 0.252 e. The SMILES string of the molecule is NC(=NC(=O)C1CCc2ccccc2C1)NC(=O)C1CCc2ccccc2C1. The number of carbonyl (C=O) groups excluding carboxylic acids is 2. The van der Waals surface area contributed by atoms with Crippen molar-refractivity contribution < 1.29 is 9.59 Å². The number of guanidine groups is 1. The molecular formula is C23H25N3O2. The van der Waals surface area contributed by atoms with Crippen LogP contribution in [-0.2, 0) is 35.3 Å². The van der Waals surface area contributed by atoms with Gasteiger partial charge in [0.25, 0.3) is 5.91 Å². The van der Waals surface area contributed by atoms with Gasteiger partial charge >= 0.3 is 0 Å². The zero-order valence-corrected chi connectivity index (χ0v) is 15.9. The maximum absolute atomic E-state index is 12.6. The Kier molecular flexibility index (Phi) is 5.24. The molecule has 0 bridgehead atoms. The molecular weight excluding hydrogens is 350 g/mol. The van der Waals surface area contributed by atoms with E-state index in [1.165, 1.54) is 22.3 Å². The Morgan fingerprint density at radius 1 is 0.821 bits per heavy atom. The predicted octanol–water partition coefficient (Wildman–Crippen LogP) is 2.55. The van der Waals surface area contributed by atoms with Gasteiger partial charge in [-0.25, -0.2) is 0 Å². The summed E-state index contributed by atoms with van der Waals surface area (Å²) < 4.78 is 0. The first-order chi connectivity index (χ1) is 13.6. The van der Waals surface area contributed by atoms with Crippen molar-refractivity contribution in [2.75, 3.05) is 0 Å². The van der Waals surface area contributed by atoms with E-state index in [0.717, 1.165) is 25.7 Å². The van der Waals surface area contributed by atoms with Crippen LogP contribution >= 0.6 is 0 Å². The van der Waals surface area contributed by atoms with Crippen molar-refractivity contribution in [3.05, 3.63) is 70.8 Å². The molecule has 5 nitrogen and oxygen atoms in total. The van der Waals surface area contributed by atoms with E-state index >= 15 is 0 Å². The number of aliphatic imine (C=N–C) groups is 1. The fraction of sp³-hybridized carbons (Fsp3) is 0.348. The Hall–Kier alpha value is -2.95. The molecule has 0 fully saturated rings. The Morgan fingerprint density at radius 3 is 1.93 bits per heavy atom. The highest BCUT2D eigenvalue weighted by atomic mass is 16.2. The van der Waals surface area contributed by atoms with Gasteiger partial charge in [-0.05, 0) is 60.8 Å². The van der Waals surface area contributed by atoms with Gasteiger partial charge in [0.2, 0.25) is 11.9 Å². The van der Waals surface area contributed by atoms with Crippen LogP contribution in [-0.4, -0.2) is 17.8 Å². The molecule has 5 heteroatoms. The van der Waals surface area contributed by atoms with E-state index in [4.69, 9.17) is 5.73 Å². The minimum absolute atomic E-state index is 0.0901. The average molecular weight is 375 g/mol. The van der Waals surface area contributed by atoms with Gasteiger partial charge in [0.15, 0.2) is 0 Å². The first-order valence-electron chi connectivity index (χ1n) is 9.92. The highest BCUT2D eigenvalue weighted by Gasteiger charge is 2.27. The van der Waals surface area contributed by atoms with E-state index in [9.17, 15) is 9.59 Å². The Balaban J connectivity index is 1.36. The zero-order valence-electron chi connectivity index (χ0n) is 15.9. The standard InChI is InChI=1S/C23H25N3O2/c24-23(25-21(27)19-11-9-15-5-1-3-7-17(15)13-19)26-22(28)20-12-10-16-6-2-4-8-18(16)14-20/h1-8,19-20H,9-14H2,(H3,24,25,26,27,28). The molecule has 2 amide bonds. The summed E-state index contributed by atoms with van der Waals surface area (Å²) in [6.45, 7) is 0. The van der Waals surface area contributed by atoms with Crippen molar-refractivity contribution >= 4 is 17.8 Å². The Bertz CT molecular complexity index is 935. The van der Waals surface area contributed by atoms with E-state index in [0.29, 0.717) is 12.8 Å². The maximum Gasteiger partial charge on any atom is 0.252 e. The number of fused-ring (bicyclic) bond motifs is 2. The second kappa shape index (κ2) is 7.97. The predicted molar refractivity (Wildman–Crippen MR) is 109 cm³/mol.